The van der Waals surface area contributed by atoms with E-state index in [-0.39, 0.29) is 5.91 Å². The number of hydrogen-bond acceptors (Lipinski definition) is 4. The Morgan fingerprint density at radius 2 is 1.85 bits per heavy atom. The standard InChI is InChI=1S/C15H18N4O/c1-10-6-11(2)8-13(7-10)19(3)15(20)12-4-5-17-14(9-12)18-16/h4-9H,16H2,1-3H3,(H,17,18). The summed E-state index contributed by atoms with van der Waals surface area (Å²) in [6.07, 6.45) is 1.55. The van der Waals surface area contributed by atoms with Gasteiger partial charge in [-0.05, 0) is 49.2 Å². The smallest absolute Gasteiger partial charge is 0.258 e. The second-order valence-electron chi connectivity index (χ2n) is 4.78. The van der Waals surface area contributed by atoms with Gasteiger partial charge in [0.1, 0.15) is 5.82 Å². The Kier molecular flexibility index (Phi) is 4.00. The van der Waals surface area contributed by atoms with E-state index in [0.717, 1.165) is 16.8 Å². The van der Waals surface area contributed by atoms with Crippen molar-refractivity contribution in [2.75, 3.05) is 17.4 Å². The third-order valence-electron chi connectivity index (χ3n) is 3.05. The van der Waals surface area contributed by atoms with Gasteiger partial charge < -0.3 is 10.3 Å². The molecule has 3 N–H and O–H groups in total. The summed E-state index contributed by atoms with van der Waals surface area (Å²) in [6, 6.07) is 9.33. The molecule has 2 aromatic rings. The summed E-state index contributed by atoms with van der Waals surface area (Å²) in [4.78, 5) is 18.1. The van der Waals surface area contributed by atoms with Crippen LogP contribution in [0, 0.1) is 13.8 Å². The Labute approximate surface area is 118 Å². The monoisotopic (exact) mass is 270 g/mol. The van der Waals surface area contributed by atoms with E-state index in [2.05, 4.69) is 16.5 Å². The maximum absolute atomic E-state index is 12.5. The quantitative estimate of drug-likeness (QED) is 0.663. The van der Waals surface area contributed by atoms with Gasteiger partial charge in [-0.15, -0.1) is 0 Å². The topological polar surface area (TPSA) is 71.2 Å². The van der Waals surface area contributed by atoms with Crippen molar-refractivity contribution < 1.29 is 4.79 Å². The highest BCUT2D eigenvalue weighted by Gasteiger charge is 2.14. The molecule has 0 bridgehead atoms. The van der Waals surface area contributed by atoms with Gasteiger partial charge in [0.2, 0.25) is 0 Å². The minimum Gasteiger partial charge on any atom is -0.311 e. The second kappa shape index (κ2) is 5.71. The van der Waals surface area contributed by atoms with Crippen molar-refractivity contribution in [2.24, 2.45) is 5.84 Å². The minimum absolute atomic E-state index is 0.103. The zero-order valence-corrected chi connectivity index (χ0v) is 11.8. The molecule has 0 aliphatic heterocycles. The summed E-state index contributed by atoms with van der Waals surface area (Å²) in [6.45, 7) is 4.02. The molecular weight excluding hydrogens is 252 g/mol. The maximum Gasteiger partial charge on any atom is 0.258 e. The van der Waals surface area contributed by atoms with Crippen LogP contribution < -0.4 is 16.2 Å². The lowest BCUT2D eigenvalue weighted by molar-refractivity contribution is 0.0993. The number of anilines is 2. The number of aromatic nitrogens is 1. The number of rotatable bonds is 3. The predicted molar refractivity (Wildman–Crippen MR) is 80.7 cm³/mol. The largest absolute Gasteiger partial charge is 0.311 e. The Morgan fingerprint density at radius 1 is 1.20 bits per heavy atom. The number of benzene rings is 1. The third-order valence-corrected chi connectivity index (χ3v) is 3.05. The Bertz CT molecular complexity index is 619. The number of nitrogens with one attached hydrogen (secondary N) is 1. The highest BCUT2D eigenvalue weighted by molar-refractivity contribution is 6.06. The van der Waals surface area contributed by atoms with Gasteiger partial charge in [-0.3, -0.25) is 4.79 Å². The van der Waals surface area contributed by atoms with E-state index < -0.39 is 0 Å². The number of nitrogens with zero attached hydrogens (tertiary/aromatic N) is 2. The van der Waals surface area contributed by atoms with E-state index >= 15 is 0 Å². The maximum atomic E-state index is 12.5. The molecule has 0 saturated heterocycles. The summed E-state index contributed by atoms with van der Waals surface area (Å²) in [5.41, 5.74) is 6.09. The zero-order chi connectivity index (χ0) is 14.7. The van der Waals surface area contributed by atoms with Crippen LogP contribution in [0.4, 0.5) is 11.5 Å². The fraction of sp³-hybridized carbons (Fsp3) is 0.200. The lowest BCUT2D eigenvalue weighted by atomic mass is 10.1. The average Bonchev–Trinajstić information content (AvgIpc) is 2.44. The van der Waals surface area contributed by atoms with E-state index in [4.69, 9.17) is 5.84 Å². The van der Waals surface area contributed by atoms with Crippen molar-refractivity contribution in [3.8, 4) is 0 Å². The van der Waals surface area contributed by atoms with Gasteiger partial charge >= 0.3 is 0 Å². The van der Waals surface area contributed by atoms with Gasteiger partial charge in [-0.1, -0.05) is 6.07 Å². The second-order valence-corrected chi connectivity index (χ2v) is 4.78. The fourth-order valence-corrected chi connectivity index (χ4v) is 2.10. The van der Waals surface area contributed by atoms with Gasteiger partial charge in [-0.2, -0.15) is 0 Å². The van der Waals surface area contributed by atoms with Crippen LogP contribution in [-0.4, -0.2) is 17.9 Å². The van der Waals surface area contributed by atoms with Crippen LogP contribution in [0.15, 0.2) is 36.5 Å². The van der Waals surface area contributed by atoms with Crippen LogP contribution in [0.3, 0.4) is 0 Å². The number of pyridine rings is 1. The van der Waals surface area contributed by atoms with Crippen molar-refractivity contribution >= 4 is 17.4 Å². The molecule has 0 spiro atoms. The first-order valence-corrected chi connectivity index (χ1v) is 6.30. The molecule has 0 unspecified atom stereocenters. The molecule has 5 heteroatoms. The molecule has 0 saturated carbocycles. The molecule has 2 rings (SSSR count). The molecule has 0 radical (unpaired) electrons. The molecule has 0 aliphatic rings. The predicted octanol–water partition coefficient (Wildman–Crippen LogP) is 2.26. The van der Waals surface area contributed by atoms with Gasteiger partial charge in [0.25, 0.3) is 5.91 Å². The summed E-state index contributed by atoms with van der Waals surface area (Å²) in [5.74, 6) is 5.67. The van der Waals surface area contributed by atoms with Crippen molar-refractivity contribution in [3.63, 3.8) is 0 Å². The first kappa shape index (κ1) is 14.0. The number of carbonyl (C=O) groups excluding carboxylic acids is 1. The van der Waals surface area contributed by atoms with E-state index in [1.165, 1.54) is 0 Å². The Balaban J connectivity index is 2.31. The minimum atomic E-state index is -0.103. The number of aryl methyl sites for hydroxylation is 2. The van der Waals surface area contributed by atoms with E-state index in [1.54, 1.807) is 30.3 Å². The van der Waals surface area contributed by atoms with Crippen LogP contribution in [0.2, 0.25) is 0 Å². The number of nitrogen functional groups attached to an aromatic ring is 1. The van der Waals surface area contributed by atoms with Crippen LogP contribution >= 0.6 is 0 Å². The SMILES string of the molecule is Cc1cc(C)cc(N(C)C(=O)c2ccnc(NN)c2)c1. The average molecular weight is 270 g/mol. The van der Waals surface area contributed by atoms with Crippen LogP contribution in [0.1, 0.15) is 21.5 Å². The van der Waals surface area contributed by atoms with Crippen molar-refractivity contribution in [1.29, 1.82) is 0 Å². The lowest BCUT2D eigenvalue weighted by Gasteiger charge is -2.19. The molecule has 20 heavy (non-hydrogen) atoms. The van der Waals surface area contributed by atoms with Gasteiger partial charge in [0.05, 0.1) is 0 Å². The fourth-order valence-electron chi connectivity index (χ4n) is 2.10. The van der Waals surface area contributed by atoms with Crippen molar-refractivity contribution in [2.45, 2.75) is 13.8 Å². The highest BCUT2D eigenvalue weighted by Crippen LogP contribution is 2.20. The van der Waals surface area contributed by atoms with Crippen molar-refractivity contribution in [1.82, 2.24) is 4.98 Å². The van der Waals surface area contributed by atoms with Gasteiger partial charge in [0, 0.05) is 24.5 Å². The molecular formula is C15H18N4O. The van der Waals surface area contributed by atoms with Crippen molar-refractivity contribution in [3.05, 3.63) is 53.2 Å². The van der Waals surface area contributed by atoms with E-state index in [9.17, 15) is 4.79 Å². The molecule has 5 nitrogen and oxygen atoms in total. The summed E-state index contributed by atoms with van der Waals surface area (Å²) >= 11 is 0. The molecule has 0 fully saturated rings. The highest BCUT2D eigenvalue weighted by atomic mass is 16.2. The Morgan fingerprint density at radius 3 is 2.45 bits per heavy atom. The number of hydrogen-bond donors (Lipinski definition) is 2. The summed E-state index contributed by atoms with van der Waals surface area (Å²) in [5, 5.41) is 0. The number of nitrogens with two attached hydrogens (primary N) is 1. The third kappa shape index (κ3) is 2.95. The first-order chi connectivity index (χ1) is 9.51. The molecule has 1 aromatic carbocycles. The van der Waals surface area contributed by atoms with Crippen LogP contribution in [-0.2, 0) is 0 Å². The lowest BCUT2D eigenvalue weighted by Crippen LogP contribution is -2.26. The summed E-state index contributed by atoms with van der Waals surface area (Å²) in [7, 11) is 1.76. The number of amides is 1. The van der Waals surface area contributed by atoms with E-state index in [1.807, 2.05) is 26.0 Å². The first-order valence-electron chi connectivity index (χ1n) is 6.30. The van der Waals surface area contributed by atoms with Gasteiger partial charge in [-0.25, -0.2) is 10.8 Å². The normalized spacial score (nSPS) is 10.2. The van der Waals surface area contributed by atoms with Crippen LogP contribution in [0.5, 0.6) is 0 Å². The Hall–Kier alpha value is -2.40. The van der Waals surface area contributed by atoms with Gasteiger partial charge in [0.15, 0.2) is 0 Å². The molecule has 1 amide bonds. The molecule has 1 heterocycles. The molecule has 104 valence electrons. The molecule has 0 atom stereocenters. The zero-order valence-electron chi connectivity index (χ0n) is 11.8. The summed E-state index contributed by atoms with van der Waals surface area (Å²) < 4.78 is 0. The molecule has 1 aromatic heterocycles. The van der Waals surface area contributed by atoms with Crippen LogP contribution in [0.25, 0.3) is 0 Å². The number of carbonyl (C=O) groups is 1. The number of hydrazine groups is 1. The molecule has 0 aliphatic carbocycles. The van der Waals surface area contributed by atoms with E-state index in [0.29, 0.717) is 11.4 Å².